The predicted octanol–water partition coefficient (Wildman–Crippen LogP) is 4.28. The Bertz CT molecular complexity index is 1220. The van der Waals surface area contributed by atoms with Gasteiger partial charge in [0.25, 0.3) is 0 Å². The quantitative estimate of drug-likeness (QED) is 0.433. The van der Waals surface area contributed by atoms with Gasteiger partial charge in [0.05, 0.1) is 6.61 Å². The van der Waals surface area contributed by atoms with Crippen molar-refractivity contribution < 1.29 is 28.9 Å². The zero-order chi connectivity index (χ0) is 24.1. The number of carbonyl (C=O) groups is 1. The van der Waals surface area contributed by atoms with Gasteiger partial charge in [-0.1, -0.05) is 42.5 Å². The molecule has 3 aromatic rings. The smallest absolute Gasteiger partial charge is 0.323 e. The number of benzene rings is 3. The number of carboxylic acids is 1. The van der Waals surface area contributed by atoms with Gasteiger partial charge in [0.1, 0.15) is 25.1 Å². The molecule has 34 heavy (non-hydrogen) atoms. The molecular weight excluding hydrogens is 437 g/mol. The molecule has 7 heteroatoms. The van der Waals surface area contributed by atoms with Crippen molar-refractivity contribution in [3.05, 3.63) is 82.7 Å². The fourth-order valence-electron chi connectivity index (χ4n) is 3.84. The van der Waals surface area contributed by atoms with E-state index in [9.17, 15) is 9.18 Å². The number of aliphatic hydroxyl groups is 1. The molecule has 0 fully saturated rings. The van der Waals surface area contributed by atoms with Crippen LogP contribution in [0.4, 0.5) is 4.39 Å². The summed E-state index contributed by atoms with van der Waals surface area (Å²) >= 11 is 0. The van der Waals surface area contributed by atoms with Gasteiger partial charge in [-0.25, -0.2) is 4.39 Å². The van der Waals surface area contributed by atoms with Gasteiger partial charge in [0, 0.05) is 12.1 Å². The maximum atomic E-state index is 14.4. The van der Waals surface area contributed by atoms with Crippen LogP contribution in [0, 0.1) is 12.7 Å². The molecule has 1 aliphatic heterocycles. The number of fused-ring (bicyclic) bond motifs is 1. The Labute approximate surface area is 197 Å². The molecule has 1 heterocycles. The second-order valence-corrected chi connectivity index (χ2v) is 8.02. The summed E-state index contributed by atoms with van der Waals surface area (Å²) in [5.74, 6) is -0.0548. The number of carboxylic acid groups (broad SMARTS) is 1. The molecule has 6 nitrogen and oxygen atoms in total. The molecular formula is C27H26FNO5. The van der Waals surface area contributed by atoms with Crippen LogP contribution in [0.1, 0.15) is 22.3 Å². The van der Waals surface area contributed by atoms with Gasteiger partial charge in [0.15, 0.2) is 11.5 Å². The van der Waals surface area contributed by atoms with E-state index in [1.807, 2.05) is 49.4 Å². The minimum Gasteiger partial charge on any atom is -0.486 e. The van der Waals surface area contributed by atoms with Crippen molar-refractivity contribution in [1.29, 1.82) is 0 Å². The van der Waals surface area contributed by atoms with Crippen LogP contribution in [0.15, 0.2) is 54.6 Å². The van der Waals surface area contributed by atoms with E-state index in [1.54, 1.807) is 18.2 Å². The highest BCUT2D eigenvalue weighted by Crippen LogP contribution is 2.36. The van der Waals surface area contributed by atoms with E-state index in [0.29, 0.717) is 24.3 Å². The molecule has 0 amide bonds. The molecule has 1 atom stereocenters. The number of rotatable bonds is 8. The molecule has 1 unspecified atom stereocenters. The first-order valence-corrected chi connectivity index (χ1v) is 11.0. The first-order valence-electron chi connectivity index (χ1n) is 11.0. The Balaban J connectivity index is 1.56. The predicted molar refractivity (Wildman–Crippen MR) is 128 cm³/mol. The molecule has 1 aliphatic rings. The van der Waals surface area contributed by atoms with Crippen molar-refractivity contribution in [1.82, 2.24) is 5.32 Å². The molecule has 0 spiro atoms. The largest absolute Gasteiger partial charge is 0.486 e. The Morgan fingerprint density at radius 1 is 1.06 bits per heavy atom. The van der Waals surface area contributed by atoms with Crippen LogP contribution in [0.3, 0.4) is 0 Å². The first kappa shape index (κ1) is 23.5. The third kappa shape index (κ3) is 5.27. The summed E-state index contributed by atoms with van der Waals surface area (Å²) in [6.07, 6.45) is 3.57. The number of hydrogen-bond donors (Lipinski definition) is 3. The standard InChI is InChI=1S/C27H26FNO5/c1-17-19(3-2-4-22(17)20-8-10-25-26(14-20)34-12-11-33-25)6-7-21-13-18(5-9-23(21)28)15-29-24(16-30)27(31)32/h2-10,13-14,24,29-30H,11-12,15-16H2,1H3,(H,31,32)/b7-6+. The highest BCUT2D eigenvalue weighted by Gasteiger charge is 2.16. The molecule has 0 bridgehead atoms. The lowest BCUT2D eigenvalue weighted by Crippen LogP contribution is -2.39. The lowest BCUT2D eigenvalue weighted by molar-refractivity contribution is -0.140. The number of nitrogens with one attached hydrogen (secondary N) is 1. The van der Waals surface area contributed by atoms with Gasteiger partial charge in [0.2, 0.25) is 0 Å². The molecule has 0 aromatic heterocycles. The highest BCUT2D eigenvalue weighted by atomic mass is 19.1. The molecule has 3 aromatic carbocycles. The molecule has 176 valence electrons. The molecule has 0 saturated carbocycles. The number of aliphatic carboxylic acids is 1. The van der Waals surface area contributed by atoms with E-state index >= 15 is 0 Å². The van der Waals surface area contributed by atoms with Crippen LogP contribution < -0.4 is 14.8 Å². The number of aliphatic hydroxyl groups excluding tert-OH is 1. The molecule has 0 radical (unpaired) electrons. The first-order chi connectivity index (χ1) is 16.5. The highest BCUT2D eigenvalue weighted by molar-refractivity contribution is 5.78. The van der Waals surface area contributed by atoms with E-state index in [1.165, 1.54) is 6.07 Å². The monoisotopic (exact) mass is 463 g/mol. The summed E-state index contributed by atoms with van der Waals surface area (Å²) in [5.41, 5.74) is 5.14. The molecule has 0 aliphatic carbocycles. The van der Waals surface area contributed by atoms with Crippen LogP contribution in [0.2, 0.25) is 0 Å². The second-order valence-electron chi connectivity index (χ2n) is 8.02. The maximum Gasteiger partial charge on any atom is 0.323 e. The van der Waals surface area contributed by atoms with E-state index < -0.39 is 18.6 Å². The van der Waals surface area contributed by atoms with Crippen LogP contribution >= 0.6 is 0 Å². The Morgan fingerprint density at radius 2 is 1.82 bits per heavy atom. The van der Waals surface area contributed by atoms with Crippen molar-refractivity contribution in [2.75, 3.05) is 19.8 Å². The maximum absolute atomic E-state index is 14.4. The molecule has 3 N–H and O–H groups in total. The van der Waals surface area contributed by atoms with Crippen molar-refractivity contribution in [3.63, 3.8) is 0 Å². The number of hydrogen-bond acceptors (Lipinski definition) is 5. The summed E-state index contributed by atoms with van der Waals surface area (Å²) in [4.78, 5) is 11.1. The third-order valence-corrected chi connectivity index (χ3v) is 5.76. The fourth-order valence-corrected chi connectivity index (χ4v) is 3.84. The van der Waals surface area contributed by atoms with Gasteiger partial charge in [-0.05, 0) is 59.0 Å². The summed E-state index contributed by atoms with van der Waals surface area (Å²) in [6, 6.07) is 15.4. The van der Waals surface area contributed by atoms with Crippen LogP contribution in [0.25, 0.3) is 23.3 Å². The van der Waals surface area contributed by atoms with Gasteiger partial charge in [-0.2, -0.15) is 0 Å². The van der Waals surface area contributed by atoms with E-state index in [2.05, 4.69) is 5.32 Å². The summed E-state index contributed by atoms with van der Waals surface area (Å²) in [6.45, 7) is 2.75. The topological polar surface area (TPSA) is 88.0 Å². The Hall–Kier alpha value is -3.68. The third-order valence-electron chi connectivity index (χ3n) is 5.76. The van der Waals surface area contributed by atoms with Gasteiger partial charge >= 0.3 is 5.97 Å². The summed E-state index contributed by atoms with van der Waals surface area (Å²) in [7, 11) is 0. The van der Waals surface area contributed by atoms with Gasteiger partial charge in [-0.3, -0.25) is 10.1 Å². The van der Waals surface area contributed by atoms with Crippen molar-refractivity contribution in [2.45, 2.75) is 19.5 Å². The van der Waals surface area contributed by atoms with Gasteiger partial charge < -0.3 is 19.7 Å². The second kappa shape index (κ2) is 10.5. The number of halogens is 1. The zero-order valence-corrected chi connectivity index (χ0v) is 18.8. The average molecular weight is 464 g/mol. The van der Waals surface area contributed by atoms with E-state index in [0.717, 1.165) is 33.8 Å². The van der Waals surface area contributed by atoms with Crippen molar-refractivity contribution in [2.24, 2.45) is 0 Å². The van der Waals surface area contributed by atoms with Crippen molar-refractivity contribution in [3.8, 4) is 22.6 Å². The Morgan fingerprint density at radius 3 is 2.59 bits per heavy atom. The normalized spacial score (nSPS) is 13.7. The molecule has 4 rings (SSSR count). The summed E-state index contributed by atoms with van der Waals surface area (Å²) in [5, 5.41) is 20.9. The minimum absolute atomic E-state index is 0.192. The average Bonchev–Trinajstić information content (AvgIpc) is 2.84. The lowest BCUT2D eigenvalue weighted by atomic mass is 9.95. The van der Waals surface area contributed by atoms with E-state index in [-0.39, 0.29) is 12.4 Å². The number of ether oxygens (including phenoxy) is 2. The lowest BCUT2D eigenvalue weighted by Gasteiger charge is -2.19. The van der Waals surface area contributed by atoms with E-state index in [4.69, 9.17) is 19.7 Å². The summed E-state index contributed by atoms with van der Waals surface area (Å²) < 4.78 is 25.8. The van der Waals surface area contributed by atoms with Crippen LogP contribution in [0.5, 0.6) is 11.5 Å². The minimum atomic E-state index is -1.14. The SMILES string of the molecule is Cc1c(/C=C/c2cc(CNC(CO)C(=O)O)ccc2F)cccc1-c1ccc2c(c1)OCCO2. The van der Waals surface area contributed by atoms with Crippen LogP contribution in [-0.2, 0) is 11.3 Å². The van der Waals surface area contributed by atoms with Crippen molar-refractivity contribution >= 4 is 18.1 Å². The van der Waals surface area contributed by atoms with Crippen LogP contribution in [-0.4, -0.2) is 42.0 Å². The fraction of sp³-hybridized carbons (Fsp3) is 0.222. The Kier molecular flexibility index (Phi) is 7.25. The molecule has 0 saturated heterocycles. The van der Waals surface area contributed by atoms with Gasteiger partial charge in [-0.15, -0.1) is 0 Å². The zero-order valence-electron chi connectivity index (χ0n) is 18.8.